The summed E-state index contributed by atoms with van der Waals surface area (Å²) in [4.78, 5) is 11.6. The molecule has 3 nitrogen and oxygen atoms in total. The zero-order valence-corrected chi connectivity index (χ0v) is 11.6. The number of aliphatic hydroxyl groups is 1. The Bertz CT molecular complexity index is 485. The van der Waals surface area contributed by atoms with E-state index in [2.05, 4.69) is 13.2 Å². The van der Waals surface area contributed by atoms with E-state index in [9.17, 15) is 9.90 Å². The lowest BCUT2D eigenvalue weighted by molar-refractivity contribution is -0.126. The molecule has 0 saturated heterocycles. The van der Waals surface area contributed by atoms with Gasteiger partial charge in [-0.2, -0.15) is 0 Å². The second-order valence-electron chi connectivity index (χ2n) is 4.72. The first-order chi connectivity index (χ1) is 8.82. The van der Waals surface area contributed by atoms with E-state index in [0.717, 1.165) is 11.1 Å². The maximum Gasteiger partial charge on any atom is 0.170 e. The van der Waals surface area contributed by atoms with Gasteiger partial charge >= 0.3 is 0 Å². The molecule has 1 aromatic rings. The fraction of sp³-hybridized carbons (Fsp3) is 0.312. The summed E-state index contributed by atoms with van der Waals surface area (Å²) in [7, 11) is 0. The number of ether oxygens (including phenoxy) is 1. The van der Waals surface area contributed by atoms with Crippen LogP contribution < -0.4 is 0 Å². The average Bonchev–Trinajstić information content (AvgIpc) is 2.35. The fourth-order valence-electron chi connectivity index (χ4n) is 1.67. The van der Waals surface area contributed by atoms with Gasteiger partial charge in [-0.3, -0.25) is 4.79 Å². The highest BCUT2D eigenvalue weighted by molar-refractivity contribution is 5.82. The average molecular weight is 260 g/mol. The predicted octanol–water partition coefficient (Wildman–Crippen LogP) is 3.65. The maximum atomic E-state index is 11.6. The minimum Gasteiger partial charge on any atom is -0.512 e. The highest BCUT2D eigenvalue weighted by atomic mass is 16.5. The number of benzene rings is 1. The largest absolute Gasteiger partial charge is 0.512 e. The molecular weight excluding hydrogens is 240 g/mol. The normalized spacial score (nSPS) is 13.4. The third-order valence-electron chi connectivity index (χ3n) is 3.02. The van der Waals surface area contributed by atoms with Crippen molar-refractivity contribution in [3.63, 3.8) is 0 Å². The molecule has 2 atom stereocenters. The summed E-state index contributed by atoms with van der Waals surface area (Å²) in [5.74, 6) is -0.305. The van der Waals surface area contributed by atoms with E-state index in [1.807, 2.05) is 31.2 Å². The molecule has 0 aliphatic heterocycles. The fourth-order valence-corrected chi connectivity index (χ4v) is 1.67. The molecule has 0 fully saturated rings. The molecule has 0 bridgehead atoms. The van der Waals surface area contributed by atoms with Crippen LogP contribution in [-0.4, -0.2) is 17.0 Å². The summed E-state index contributed by atoms with van der Waals surface area (Å²) in [6.07, 6.45) is -0.772. The molecule has 0 amide bonds. The first-order valence-electron chi connectivity index (χ1n) is 6.13. The molecule has 0 aromatic heterocycles. The Labute approximate surface area is 114 Å². The number of aliphatic hydroxyl groups excluding tert-OH is 1. The van der Waals surface area contributed by atoms with Crippen LogP contribution in [0.1, 0.15) is 25.0 Å². The molecule has 19 heavy (non-hydrogen) atoms. The van der Waals surface area contributed by atoms with Crippen LogP contribution in [0.2, 0.25) is 0 Å². The Morgan fingerprint density at radius 1 is 1.26 bits per heavy atom. The molecule has 0 saturated carbocycles. The molecular formula is C16H20O3. The van der Waals surface area contributed by atoms with Crippen LogP contribution in [0.4, 0.5) is 0 Å². The van der Waals surface area contributed by atoms with Crippen molar-refractivity contribution in [1.29, 1.82) is 0 Å². The quantitative estimate of drug-likeness (QED) is 0.794. The number of aryl methyl sites for hydroxylation is 1. The van der Waals surface area contributed by atoms with E-state index in [-0.39, 0.29) is 11.5 Å². The number of rotatable bonds is 6. The predicted molar refractivity (Wildman–Crippen MR) is 76.7 cm³/mol. The van der Waals surface area contributed by atoms with Crippen LogP contribution in [0.5, 0.6) is 0 Å². The van der Waals surface area contributed by atoms with Crippen LogP contribution in [0.25, 0.3) is 5.76 Å². The number of carbonyl (C=O) groups is 1. The van der Waals surface area contributed by atoms with Crippen molar-refractivity contribution in [2.75, 3.05) is 0 Å². The minimum atomic E-state index is -0.772. The molecule has 102 valence electrons. The Balaban J connectivity index is 2.85. The number of hydrogen-bond donors (Lipinski definition) is 1. The van der Waals surface area contributed by atoms with E-state index in [1.165, 1.54) is 6.92 Å². The lowest BCUT2D eigenvalue weighted by Gasteiger charge is -2.23. The zero-order valence-electron chi connectivity index (χ0n) is 11.6. The number of Topliss-reactive ketones (excluding diaryl/α,β-unsaturated/α-hetero) is 1. The minimum absolute atomic E-state index is 0.0723. The van der Waals surface area contributed by atoms with Crippen molar-refractivity contribution >= 4 is 11.5 Å². The van der Waals surface area contributed by atoms with E-state index >= 15 is 0 Å². The van der Waals surface area contributed by atoms with Gasteiger partial charge in [0.25, 0.3) is 0 Å². The Hall–Kier alpha value is -2.03. The van der Waals surface area contributed by atoms with Gasteiger partial charge in [-0.25, -0.2) is 0 Å². The molecule has 0 aliphatic carbocycles. The van der Waals surface area contributed by atoms with Crippen molar-refractivity contribution in [2.24, 2.45) is 5.92 Å². The van der Waals surface area contributed by atoms with E-state index in [4.69, 9.17) is 4.74 Å². The van der Waals surface area contributed by atoms with Crippen LogP contribution in [0.15, 0.2) is 43.2 Å². The van der Waals surface area contributed by atoms with Crippen molar-refractivity contribution in [1.82, 2.24) is 0 Å². The Morgan fingerprint density at radius 3 is 2.21 bits per heavy atom. The highest BCUT2D eigenvalue weighted by Gasteiger charge is 2.26. The van der Waals surface area contributed by atoms with Gasteiger partial charge in [-0.05, 0) is 13.8 Å². The molecule has 1 aromatic carbocycles. The standard InChI is InChI=1S/C16H20O3/c1-10-6-8-15(9-7-10)14(5)19-16(13(4)18)11(2)12(3)17/h6-9,11,16-17H,3,5H2,1-2,4H3. The van der Waals surface area contributed by atoms with Crippen LogP contribution >= 0.6 is 0 Å². The van der Waals surface area contributed by atoms with Crippen molar-refractivity contribution in [3.05, 3.63) is 54.3 Å². The van der Waals surface area contributed by atoms with Gasteiger partial charge in [0.2, 0.25) is 0 Å². The first kappa shape index (κ1) is 15.0. The highest BCUT2D eigenvalue weighted by Crippen LogP contribution is 2.22. The van der Waals surface area contributed by atoms with E-state index < -0.39 is 12.0 Å². The van der Waals surface area contributed by atoms with Gasteiger partial charge < -0.3 is 9.84 Å². The molecule has 2 unspecified atom stereocenters. The number of carbonyl (C=O) groups excluding carboxylic acids is 1. The van der Waals surface area contributed by atoms with Crippen LogP contribution in [-0.2, 0) is 9.53 Å². The Kier molecular flexibility index (Phi) is 4.93. The molecule has 0 spiro atoms. The van der Waals surface area contributed by atoms with Gasteiger partial charge in [0.05, 0.1) is 11.7 Å². The summed E-state index contributed by atoms with van der Waals surface area (Å²) in [6.45, 7) is 12.4. The smallest absolute Gasteiger partial charge is 0.170 e. The number of ketones is 1. The van der Waals surface area contributed by atoms with Gasteiger partial charge in [0.1, 0.15) is 5.76 Å². The van der Waals surface area contributed by atoms with E-state index in [1.54, 1.807) is 6.92 Å². The van der Waals surface area contributed by atoms with Crippen molar-refractivity contribution in [3.8, 4) is 0 Å². The maximum absolute atomic E-state index is 11.6. The summed E-state index contributed by atoms with van der Waals surface area (Å²) in [5.41, 5.74) is 1.95. The van der Waals surface area contributed by atoms with E-state index in [0.29, 0.717) is 5.76 Å². The SMILES string of the molecule is C=C(OC(C(C)=O)C(C)C(=C)O)c1ccc(C)cc1. The second kappa shape index (κ2) is 6.23. The topological polar surface area (TPSA) is 46.5 Å². The lowest BCUT2D eigenvalue weighted by Crippen LogP contribution is -2.29. The van der Waals surface area contributed by atoms with Crippen molar-refractivity contribution in [2.45, 2.75) is 26.9 Å². The lowest BCUT2D eigenvalue weighted by atomic mass is 10.00. The molecule has 0 heterocycles. The van der Waals surface area contributed by atoms with Crippen LogP contribution in [0, 0.1) is 12.8 Å². The van der Waals surface area contributed by atoms with Crippen molar-refractivity contribution < 1.29 is 14.6 Å². The number of hydrogen-bond acceptors (Lipinski definition) is 3. The molecule has 1 N–H and O–H groups in total. The Morgan fingerprint density at radius 2 is 1.79 bits per heavy atom. The summed E-state index contributed by atoms with van der Waals surface area (Å²) >= 11 is 0. The molecule has 3 heteroatoms. The first-order valence-corrected chi connectivity index (χ1v) is 6.13. The summed E-state index contributed by atoms with van der Waals surface area (Å²) in [6, 6.07) is 7.66. The summed E-state index contributed by atoms with van der Waals surface area (Å²) in [5, 5.41) is 9.40. The molecule has 1 rings (SSSR count). The third kappa shape index (κ3) is 3.98. The monoisotopic (exact) mass is 260 g/mol. The molecule has 0 radical (unpaired) electrons. The van der Waals surface area contributed by atoms with Gasteiger partial charge in [0, 0.05) is 5.56 Å². The second-order valence-corrected chi connectivity index (χ2v) is 4.72. The van der Waals surface area contributed by atoms with Gasteiger partial charge in [-0.1, -0.05) is 49.9 Å². The third-order valence-corrected chi connectivity index (χ3v) is 3.02. The zero-order chi connectivity index (χ0) is 14.6. The summed E-state index contributed by atoms with van der Waals surface area (Å²) < 4.78 is 5.60. The van der Waals surface area contributed by atoms with Gasteiger partial charge in [-0.15, -0.1) is 0 Å². The molecule has 0 aliphatic rings. The van der Waals surface area contributed by atoms with Gasteiger partial charge in [0.15, 0.2) is 11.9 Å². The van der Waals surface area contributed by atoms with Crippen LogP contribution in [0.3, 0.4) is 0 Å².